The van der Waals surface area contributed by atoms with E-state index in [0.717, 1.165) is 6.07 Å². The SMILES string of the molecule is COc1c(F)ccc(CCON)c1F. The van der Waals surface area contributed by atoms with Gasteiger partial charge in [-0.3, -0.25) is 0 Å². The maximum Gasteiger partial charge on any atom is 0.190 e. The van der Waals surface area contributed by atoms with Crippen LogP contribution >= 0.6 is 0 Å². The lowest BCUT2D eigenvalue weighted by Crippen LogP contribution is -2.06. The minimum absolute atomic E-state index is 0.172. The van der Waals surface area contributed by atoms with Gasteiger partial charge in [-0.1, -0.05) is 6.07 Å². The van der Waals surface area contributed by atoms with E-state index in [4.69, 9.17) is 5.90 Å². The van der Waals surface area contributed by atoms with Crippen molar-refractivity contribution in [2.45, 2.75) is 6.42 Å². The van der Waals surface area contributed by atoms with Crippen molar-refractivity contribution < 1.29 is 18.4 Å². The van der Waals surface area contributed by atoms with Gasteiger partial charge in [0.1, 0.15) is 0 Å². The van der Waals surface area contributed by atoms with Gasteiger partial charge in [-0.15, -0.1) is 0 Å². The molecule has 0 aliphatic heterocycles. The van der Waals surface area contributed by atoms with Crippen LogP contribution in [0.25, 0.3) is 0 Å². The normalized spacial score (nSPS) is 10.3. The highest BCUT2D eigenvalue weighted by Crippen LogP contribution is 2.24. The largest absolute Gasteiger partial charge is 0.491 e. The smallest absolute Gasteiger partial charge is 0.190 e. The molecule has 1 aromatic carbocycles. The first-order valence-corrected chi connectivity index (χ1v) is 4.03. The molecule has 0 saturated carbocycles. The van der Waals surface area contributed by atoms with Gasteiger partial charge in [0.2, 0.25) is 0 Å². The Hall–Kier alpha value is -1.20. The van der Waals surface area contributed by atoms with Crippen molar-refractivity contribution in [2.24, 2.45) is 5.90 Å². The van der Waals surface area contributed by atoms with E-state index in [9.17, 15) is 8.78 Å². The van der Waals surface area contributed by atoms with E-state index in [1.807, 2.05) is 0 Å². The van der Waals surface area contributed by atoms with Gasteiger partial charge in [-0.2, -0.15) is 0 Å². The van der Waals surface area contributed by atoms with Crippen LogP contribution in [0.2, 0.25) is 0 Å². The monoisotopic (exact) mass is 203 g/mol. The van der Waals surface area contributed by atoms with E-state index >= 15 is 0 Å². The second-order valence-corrected chi connectivity index (χ2v) is 2.67. The van der Waals surface area contributed by atoms with Gasteiger partial charge in [0, 0.05) is 6.42 Å². The molecule has 0 atom stereocenters. The molecule has 1 aromatic rings. The summed E-state index contributed by atoms with van der Waals surface area (Å²) < 4.78 is 30.9. The minimum atomic E-state index is -0.720. The van der Waals surface area contributed by atoms with Gasteiger partial charge in [0.15, 0.2) is 17.4 Å². The predicted octanol–water partition coefficient (Wildman–Crippen LogP) is 1.41. The lowest BCUT2D eigenvalue weighted by molar-refractivity contribution is 0.140. The van der Waals surface area contributed by atoms with Crippen molar-refractivity contribution in [3.63, 3.8) is 0 Å². The summed E-state index contributed by atoms with van der Waals surface area (Å²) in [5.74, 6) is 3.00. The summed E-state index contributed by atoms with van der Waals surface area (Å²) in [5.41, 5.74) is 0.314. The number of hydrogen-bond donors (Lipinski definition) is 1. The molecular formula is C9H11F2NO2. The van der Waals surface area contributed by atoms with E-state index in [2.05, 4.69) is 9.57 Å². The van der Waals surface area contributed by atoms with Crippen LogP contribution in [0.3, 0.4) is 0 Å². The molecule has 0 amide bonds. The second kappa shape index (κ2) is 4.88. The van der Waals surface area contributed by atoms with Crippen molar-refractivity contribution in [1.29, 1.82) is 0 Å². The van der Waals surface area contributed by atoms with Crippen LogP contribution in [0.15, 0.2) is 12.1 Å². The number of nitrogens with two attached hydrogens (primary N) is 1. The first-order valence-electron chi connectivity index (χ1n) is 4.03. The highest BCUT2D eigenvalue weighted by Gasteiger charge is 2.13. The molecule has 0 aliphatic rings. The first kappa shape index (κ1) is 10.9. The van der Waals surface area contributed by atoms with Gasteiger partial charge in [-0.25, -0.2) is 14.7 Å². The minimum Gasteiger partial charge on any atom is -0.491 e. The van der Waals surface area contributed by atoms with Crippen LogP contribution in [0.1, 0.15) is 5.56 Å². The molecule has 1 rings (SSSR count). The van der Waals surface area contributed by atoms with Crippen LogP contribution in [0.4, 0.5) is 8.78 Å². The summed E-state index contributed by atoms with van der Waals surface area (Å²) in [4.78, 5) is 4.30. The Morgan fingerprint density at radius 2 is 2.07 bits per heavy atom. The highest BCUT2D eigenvalue weighted by atomic mass is 19.1. The molecule has 0 bridgehead atoms. The van der Waals surface area contributed by atoms with Gasteiger partial charge in [0.05, 0.1) is 13.7 Å². The lowest BCUT2D eigenvalue weighted by atomic mass is 10.1. The van der Waals surface area contributed by atoms with E-state index in [1.54, 1.807) is 0 Å². The molecule has 3 nitrogen and oxygen atoms in total. The quantitative estimate of drug-likeness (QED) is 0.752. The van der Waals surface area contributed by atoms with Crippen LogP contribution < -0.4 is 10.6 Å². The number of halogens is 2. The fourth-order valence-electron chi connectivity index (χ4n) is 1.12. The molecule has 2 N–H and O–H groups in total. The number of rotatable bonds is 4. The molecule has 0 fully saturated rings. The molecule has 0 heterocycles. The third-order valence-corrected chi connectivity index (χ3v) is 1.82. The zero-order valence-electron chi connectivity index (χ0n) is 7.72. The number of ether oxygens (including phenoxy) is 1. The zero-order valence-corrected chi connectivity index (χ0v) is 7.72. The third-order valence-electron chi connectivity index (χ3n) is 1.82. The molecule has 0 spiro atoms. The molecule has 0 aliphatic carbocycles. The Bertz CT molecular complexity index is 318. The standard InChI is InChI=1S/C9H11F2NO2/c1-13-9-7(10)3-2-6(8(9)11)4-5-14-12/h2-3H,4-5,12H2,1H3. The molecule has 0 radical (unpaired) electrons. The van der Waals surface area contributed by atoms with Gasteiger partial charge in [-0.05, 0) is 11.6 Å². The van der Waals surface area contributed by atoms with Crippen molar-refractivity contribution in [3.8, 4) is 5.75 Å². The van der Waals surface area contributed by atoms with Gasteiger partial charge >= 0.3 is 0 Å². The maximum atomic E-state index is 13.4. The van der Waals surface area contributed by atoms with E-state index in [1.165, 1.54) is 13.2 Å². The van der Waals surface area contributed by atoms with Crippen LogP contribution in [-0.2, 0) is 11.3 Å². The Labute approximate surface area is 80.4 Å². The molecule has 0 saturated heterocycles. The topological polar surface area (TPSA) is 44.5 Å². The summed E-state index contributed by atoms with van der Waals surface area (Å²) in [6.07, 6.45) is 0.277. The van der Waals surface area contributed by atoms with Crippen LogP contribution in [-0.4, -0.2) is 13.7 Å². The molecule has 5 heteroatoms. The molecule has 0 aromatic heterocycles. The number of methoxy groups -OCH3 is 1. The summed E-state index contributed by atoms with van der Waals surface area (Å²) in [5, 5.41) is 0. The van der Waals surface area contributed by atoms with Crippen LogP contribution in [0, 0.1) is 11.6 Å². The van der Waals surface area contributed by atoms with Crippen molar-refractivity contribution in [2.75, 3.05) is 13.7 Å². The Morgan fingerprint density at radius 3 is 2.64 bits per heavy atom. The highest BCUT2D eigenvalue weighted by molar-refractivity contribution is 5.32. The summed E-state index contributed by atoms with van der Waals surface area (Å²) in [6, 6.07) is 2.49. The molecule has 14 heavy (non-hydrogen) atoms. The lowest BCUT2D eigenvalue weighted by Gasteiger charge is -2.07. The average molecular weight is 203 g/mol. The number of benzene rings is 1. The third kappa shape index (κ3) is 2.18. The summed E-state index contributed by atoms with van der Waals surface area (Å²) in [6.45, 7) is 0.172. The summed E-state index contributed by atoms with van der Waals surface area (Å²) in [7, 11) is 1.21. The van der Waals surface area contributed by atoms with E-state index < -0.39 is 11.6 Å². The van der Waals surface area contributed by atoms with Crippen molar-refractivity contribution >= 4 is 0 Å². The van der Waals surface area contributed by atoms with Crippen LogP contribution in [0.5, 0.6) is 5.75 Å². The van der Waals surface area contributed by atoms with Crippen molar-refractivity contribution in [1.82, 2.24) is 0 Å². The fraction of sp³-hybridized carbons (Fsp3) is 0.333. The Balaban J connectivity index is 2.96. The van der Waals surface area contributed by atoms with Gasteiger partial charge < -0.3 is 9.57 Å². The molecule has 0 unspecified atom stereocenters. The van der Waals surface area contributed by atoms with Crippen molar-refractivity contribution in [3.05, 3.63) is 29.3 Å². The Morgan fingerprint density at radius 1 is 1.36 bits per heavy atom. The molecular weight excluding hydrogens is 192 g/mol. The summed E-state index contributed by atoms with van der Waals surface area (Å²) >= 11 is 0. The molecule has 78 valence electrons. The average Bonchev–Trinajstić information content (AvgIpc) is 2.18. The Kier molecular flexibility index (Phi) is 3.79. The zero-order chi connectivity index (χ0) is 10.6. The van der Waals surface area contributed by atoms with Gasteiger partial charge in [0.25, 0.3) is 0 Å². The fourth-order valence-corrected chi connectivity index (χ4v) is 1.12. The van der Waals surface area contributed by atoms with E-state index in [0.29, 0.717) is 5.56 Å². The van der Waals surface area contributed by atoms with E-state index in [-0.39, 0.29) is 18.8 Å². The second-order valence-electron chi connectivity index (χ2n) is 2.67. The maximum absolute atomic E-state index is 13.4. The number of hydrogen-bond acceptors (Lipinski definition) is 3. The first-order chi connectivity index (χ1) is 6.70. The predicted molar refractivity (Wildman–Crippen MR) is 46.8 cm³/mol.